The summed E-state index contributed by atoms with van der Waals surface area (Å²) in [5.41, 5.74) is -0.784. The van der Waals surface area contributed by atoms with Crippen molar-refractivity contribution in [1.29, 1.82) is 0 Å². The van der Waals surface area contributed by atoms with Gasteiger partial charge in [0.1, 0.15) is 0 Å². The van der Waals surface area contributed by atoms with Gasteiger partial charge < -0.3 is 5.11 Å². The normalized spacial score (nSPS) is 19.5. The fourth-order valence-electron chi connectivity index (χ4n) is 2.95. The summed E-state index contributed by atoms with van der Waals surface area (Å²) in [5, 5.41) is 13.5. The van der Waals surface area contributed by atoms with E-state index in [2.05, 4.69) is 5.10 Å². The Labute approximate surface area is 124 Å². The molecule has 0 radical (unpaired) electrons. The molecule has 0 spiro atoms. The van der Waals surface area contributed by atoms with Crippen molar-refractivity contribution in [1.82, 2.24) is 14.1 Å². The first-order chi connectivity index (χ1) is 9.83. The largest absolute Gasteiger partial charge is 0.481 e. The number of sulfonamides is 1. The lowest BCUT2D eigenvalue weighted by atomic mass is 9.75. The smallest absolute Gasteiger partial charge is 0.309 e. The summed E-state index contributed by atoms with van der Waals surface area (Å²) in [5.74, 6) is -0.818. The highest BCUT2D eigenvalue weighted by Gasteiger charge is 2.43. The first kappa shape index (κ1) is 16.0. The first-order valence-corrected chi connectivity index (χ1v) is 8.49. The highest BCUT2D eigenvalue weighted by atomic mass is 32.2. The van der Waals surface area contributed by atoms with E-state index in [1.165, 1.54) is 21.3 Å². The zero-order valence-electron chi connectivity index (χ0n) is 12.3. The Morgan fingerprint density at radius 3 is 2.48 bits per heavy atom. The van der Waals surface area contributed by atoms with Crippen LogP contribution in [0.15, 0.2) is 17.3 Å². The van der Waals surface area contributed by atoms with E-state index in [-0.39, 0.29) is 18.1 Å². The van der Waals surface area contributed by atoms with Crippen LogP contribution in [0, 0.1) is 5.41 Å². The minimum atomic E-state index is -3.60. The van der Waals surface area contributed by atoms with Gasteiger partial charge >= 0.3 is 5.97 Å². The number of rotatable bonds is 5. The molecule has 0 atom stereocenters. The number of hydrogen-bond donors (Lipinski definition) is 1. The van der Waals surface area contributed by atoms with Crippen molar-refractivity contribution in [3.05, 3.63) is 12.3 Å². The van der Waals surface area contributed by atoms with Gasteiger partial charge in [-0.05, 0) is 25.3 Å². The highest BCUT2D eigenvalue weighted by molar-refractivity contribution is 7.89. The summed E-state index contributed by atoms with van der Waals surface area (Å²) in [6.45, 7) is 2.42. The van der Waals surface area contributed by atoms with Gasteiger partial charge in [0, 0.05) is 20.1 Å². The maximum atomic E-state index is 12.5. The lowest BCUT2D eigenvalue weighted by molar-refractivity contribution is -0.152. The van der Waals surface area contributed by atoms with E-state index in [0.29, 0.717) is 19.3 Å². The second-order valence-corrected chi connectivity index (χ2v) is 7.42. The molecular weight excluding hydrogens is 294 g/mol. The molecule has 21 heavy (non-hydrogen) atoms. The Kier molecular flexibility index (Phi) is 4.38. The highest BCUT2D eigenvalue weighted by Crippen LogP contribution is 2.37. The Morgan fingerprint density at radius 1 is 1.43 bits per heavy atom. The molecule has 0 bridgehead atoms. The minimum absolute atomic E-state index is 0.140. The summed E-state index contributed by atoms with van der Waals surface area (Å²) in [6, 6.07) is 1.46. The van der Waals surface area contributed by atoms with Crippen molar-refractivity contribution >= 4 is 16.0 Å². The number of carbonyl (C=O) groups is 1. The van der Waals surface area contributed by atoms with Gasteiger partial charge in [0.15, 0.2) is 5.03 Å². The standard InChI is InChI=1S/C13H21N3O4S/c1-3-5-13(12(17)18)6-9-16(10-7-13)21(19,20)11-4-8-14-15(11)2/h4,8H,3,5-7,9-10H2,1-2H3,(H,17,18). The van der Waals surface area contributed by atoms with Crippen LogP contribution in [-0.2, 0) is 21.9 Å². The lowest BCUT2D eigenvalue weighted by Gasteiger charge is -2.38. The van der Waals surface area contributed by atoms with Crippen molar-refractivity contribution in [2.45, 2.75) is 37.6 Å². The van der Waals surface area contributed by atoms with Gasteiger partial charge in [0.2, 0.25) is 0 Å². The first-order valence-electron chi connectivity index (χ1n) is 7.05. The Balaban J connectivity index is 2.17. The maximum absolute atomic E-state index is 12.5. The molecule has 1 fully saturated rings. The molecule has 118 valence electrons. The van der Waals surface area contributed by atoms with Crippen LogP contribution >= 0.6 is 0 Å². The predicted molar refractivity (Wildman–Crippen MR) is 76.2 cm³/mol. The Hall–Kier alpha value is -1.41. The van der Waals surface area contributed by atoms with E-state index in [1.807, 2.05) is 6.92 Å². The second-order valence-electron chi connectivity index (χ2n) is 5.53. The van der Waals surface area contributed by atoms with E-state index in [1.54, 1.807) is 7.05 Å². The summed E-state index contributed by atoms with van der Waals surface area (Å²) in [7, 11) is -2.02. The van der Waals surface area contributed by atoms with E-state index in [4.69, 9.17) is 0 Å². The predicted octanol–water partition coefficient (Wildman–Crippen LogP) is 1.08. The molecule has 8 heteroatoms. The van der Waals surface area contributed by atoms with Crippen LogP contribution in [0.5, 0.6) is 0 Å². The molecule has 1 aliphatic heterocycles. The van der Waals surface area contributed by atoms with Gasteiger partial charge in [-0.25, -0.2) is 8.42 Å². The van der Waals surface area contributed by atoms with Crippen LogP contribution in [0.2, 0.25) is 0 Å². The minimum Gasteiger partial charge on any atom is -0.481 e. The summed E-state index contributed by atoms with van der Waals surface area (Å²) >= 11 is 0. The number of aliphatic carboxylic acids is 1. The number of hydrogen-bond acceptors (Lipinski definition) is 4. The van der Waals surface area contributed by atoms with Crippen LogP contribution in [0.25, 0.3) is 0 Å². The number of carboxylic acids is 1. The Morgan fingerprint density at radius 2 is 2.05 bits per heavy atom. The molecular formula is C13H21N3O4S. The van der Waals surface area contributed by atoms with Gasteiger partial charge in [0.25, 0.3) is 10.0 Å². The van der Waals surface area contributed by atoms with Crippen molar-refractivity contribution in [3.8, 4) is 0 Å². The average Bonchev–Trinajstić information content (AvgIpc) is 2.86. The molecule has 1 saturated heterocycles. The van der Waals surface area contributed by atoms with Crippen LogP contribution in [0.3, 0.4) is 0 Å². The molecule has 1 aliphatic rings. The molecule has 1 aromatic heterocycles. The molecule has 1 aromatic rings. The van der Waals surface area contributed by atoms with Gasteiger partial charge in [-0.2, -0.15) is 9.40 Å². The molecule has 0 unspecified atom stereocenters. The third-order valence-corrected chi connectivity index (χ3v) is 6.22. The molecule has 0 amide bonds. The quantitative estimate of drug-likeness (QED) is 0.877. The average molecular weight is 315 g/mol. The number of nitrogens with zero attached hydrogens (tertiary/aromatic N) is 3. The SMILES string of the molecule is CCCC1(C(=O)O)CCN(S(=O)(=O)c2ccnn2C)CC1. The molecule has 0 aliphatic carbocycles. The van der Waals surface area contributed by atoms with Crippen LogP contribution in [-0.4, -0.2) is 46.7 Å². The monoisotopic (exact) mass is 315 g/mol. The van der Waals surface area contributed by atoms with Crippen LogP contribution in [0.4, 0.5) is 0 Å². The number of piperidine rings is 1. The molecule has 1 N–H and O–H groups in total. The van der Waals surface area contributed by atoms with Gasteiger partial charge in [0.05, 0.1) is 11.6 Å². The van der Waals surface area contributed by atoms with Crippen molar-refractivity contribution in [2.75, 3.05) is 13.1 Å². The zero-order valence-corrected chi connectivity index (χ0v) is 13.1. The third-order valence-electron chi connectivity index (χ3n) is 4.24. The van der Waals surface area contributed by atoms with E-state index in [9.17, 15) is 18.3 Å². The molecule has 0 aromatic carbocycles. The number of aryl methyl sites for hydroxylation is 1. The molecule has 2 rings (SSSR count). The van der Waals surface area contributed by atoms with Crippen LogP contribution < -0.4 is 0 Å². The van der Waals surface area contributed by atoms with Gasteiger partial charge in [-0.15, -0.1) is 0 Å². The van der Waals surface area contributed by atoms with Crippen molar-refractivity contribution in [3.63, 3.8) is 0 Å². The fraction of sp³-hybridized carbons (Fsp3) is 0.692. The van der Waals surface area contributed by atoms with E-state index < -0.39 is 21.4 Å². The summed E-state index contributed by atoms with van der Waals surface area (Å²) in [6.07, 6.45) is 3.51. The molecule has 0 saturated carbocycles. The fourth-order valence-corrected chi connectivity index (χ4v) is 4.49. The molecule has 2 heterocycles. The molecule has 7 nitrogen and oxygen atoms in total. The van der Waals surface area contributed by atoms with Crippen molar-refractivity contribution in [2.24, 2.45) is 12.5 Å². The number of aromatic nitrogens is 2. The second kappa shape index (κ2) is 5.76. The zero-order chi connectivity index (χ0) is 15.7. The maximum Gasteiger partial charge on any atom is 0.309 e. The van der Waals surface area contributed by atoms with Crippen LogP contribution in [0.1, 0.15) is 32.6 Å². The number of carboxylic acid groups (broad SMARTS) is 1. The topological polar surface area (TPSA) is 92.5 Å². The third kappa shape index (κ3) is 2.82. The van der Waals surface area contributed by atoms with Gasteiger partial charge in [-0.3, -0.25) is 9.48 Å². The van der Waals surface area contributed by atoms with Gasteiger partial charge in [-0.1, -0.05) is 13.3 Å². The van der Waals surface area contributed by atoms with E-state index in [0.717, 1.165) is 6.42 Å². The Bertz CT molecular complexity index is 615. The van der Waals surface area contributed by atoms with Crippen molar-refractivity contribution < 1.29 is 18.3 Å². The van der Waals surface area contributed by atoms with E-state index >= 15 is 0 Å². The lowest BCUT2D eigenvalue weighted by Crippen LogP contribution is -2.46. The summed E-state index contributed by atoms with van der Waals surface area (Å²) < 4.78 is 27.7. The summed E-state index contributed by atoms with van der Waals surface area (Å²) in [4.78, 5) is 11.5.